The number of rotatable bonds is 6. The van der Waals surface area contributed by atoms with Crippen LogP contribution in [0.5, 0.6) is 0 Å². The van der Waals surface area contributed by atoms with Crippen LogP contribution in [0.15, 0.2) is 36.4 Å². The van der Waals surface area contributed by atoms with Gasteiger partial charge in [-0.1, -0.05) is 58.5 Å². The highest BCUT2D eigenvalue weighted by molar-refractivity contribution is 6.42. The summed E-state index contributed by atoms with van der Waals surface area (Å²) in [6, 6.07) is 9.45. The summed E-state index contributed by atoms with van der Waals surface area (Å²) in [5.74, 6) is -0.547. The molecule has 0 saturated heterocycles. The molecule has 2 aromatic rings. The van der Waals surface area contributed by atoms with E-state index in [2.05, 4.69) is 5.32 Å². The maximum Gasteiger partial charge on any atom is 0.242 e. The van der Waals surface area contributed by atoms with Gasteiger partial charge in [0.1, 0.15) is 6.04 Å². The summed E-state index contributed by atoms with van der Waals surface area (Å²) >= 11 is 24.6. The van der Waals surface area contributed by atoms with Crippen molar-refractivity contribution in [1.29, 1.82) is 0 Å². The van der Waals surface area contributed by atoms with Gasteiger partial charge in [-0.3, -0.25) is 9.59 Å². The average molecular weight is 490 g/mol. The van der Waals surface area contributed by atoms with Crippen LogP contribution in [0.25, 0.3) is 0 Å². The number of benzene rings is 2. The topological polar surface area (TPSA) is 49.4 Å². The Bertz CT molecular complexity index is 921. The van der Waals surface area contributed by atoms with Gasteiger partial charge in [0, 0.05) is 22.1 Å². The summed E-state index contributed by atoms with van der Waals surface area (Å²) < 4.78 is 0. The highest BCUT2D eigenvalue weighted by Crippen LogP contribution is 2.27. The first kappa shape index (κ1) is 24.8. The zero-order valence-electron chi connectivity index (χ0n) is 17.2. The fourth-order valence-electron chi connectivity index (χ4n) is 2.85. The molecule has 0 aliphatic rings. The van der Waals surface area contributed by atoms with Crippen molar-refractivity contribution in [2.24, 2.45) is 0 Å². The monoisotopic (exact) mass is 488 g/mol. The minimum absolute atomic E-state index is 0.0348. The molecule has 2 rings (SSSR count). The summed E-state index contributed by atoms with van der Waals surface area (Å²) in [6.07, 6.45) is -0.0348. The van der Waals surface area contributed by atoms with Gasteiger partial charge in [0.15, 0.2) is 0 Å². The Labute approximate surface area is 197 Å². The maximum absolute atomic E-state index is 13.3. The number of hydrogen-bond donors (Lipinski definition) is 1. The second-order valence-electron chi connectivity index (χ2n) is 8.06. The highest BCUT2D eigenvalue weighted by atomic mass is 35.5. The molecule has 0 saturated carbocycles. The molecule has 0 heterocycles. The van der Waals surface area contributed by atoms with Gasteiger partial charge in [-0.25, -0.2) is 0 Å². The van der Waals surface area contributed by atoms with E-state index in [0.717, 1.165) is 5.56 Å². The molecule has 4 nitrogen and oxygen atoms in total. The third-order valence-corrected chi connectivity index (χ3v) is 5.84. The Kier molecular flexibility index (Phi) is 8.46. The zero-order valence-corrected chi connectivity index (χ0v) is 20.3. The number of nitrogens with zero attached hydrogens (tertiary/aromatic N) is 1. The normalized spacial score (nSPS) is 12.4. The van der Waals surface area contributed by atoms with Gasteiger partial charge in [0.2, 0.25) is 11.8 Å². The van der Waals surface area contributed by atoms with Crippen LogP contribution in [0.3, 0.4) is 0 Å². The Morgan fingerprint density at radius 1 is 0.967 bits per heavy atom. The Morgan fingerprint density at radius 2 is 1.57 bits per heavy atom. The largest absolute Gasteiger partial charge is 0.350 e. The standard InChI is InChI=1S/C22H24Cl4N2O2/c1-13(21(30)27-22(2,3)4)28(12-14-8-9-18(25)19(26)10-14)20(29)11-15-16(23)6-5-7-17(15)24/h5-10,13H,11-12H2,1-4H3,(H,27,30). The lowest BCUT2D eigenvalue weighted by Crippen LogP contribution is -2.52. The van der Waals surface area contributed by atoms with Crippen molar-refractivity contribution >= 4 is 58.2 Å². The quantitative estimate of drug-likeness (QED) is 0.527. The molecule has 0 fully saturated rings. The van der Waals surface area contributed by atoms with E-state index in [1.165, 1.54) is 4.90 Å². The molecule has 2 aromatic carbocycles. The third kappa shape index (κ3) is 6.78. The van der Waals surface area contributed by atoms with Gasteiger partial charge < -0.3 is 10.2 Å². The van der Waals surface area contributed by atoms with Gasteiger partial charge in [0.25, 0.3) is 0 Å². The van der Waals surface area contributed by atoms with E-state index in [-0.39, 0.29) is 24.8 Å². The molecule has 0 bridgehead atoms. The fourth-order valence-corrected chi connectivity index (χ4v) is 3.70. The SMILES string of the molecule is CC(C(=O)NC(C)(C)C)N(Cc1ccc(Cl)c(Cl)c1)C(=O)Cc1c(Cl)cccc1Cl. The van der Waals surface area contributed by atoms with Crippen LogP contribution in [0.2, 0.25) is 20.1 Å². The van der Waals surface area contributed by atoms with E-state index in [4.69, 9.17) is 46.4 Å². The third-order valence-electron chi connectivity index (χ3n) is 4.39. The van der Waals surface area contributed by atoms with Crippen molar-refractivity contribution in [2.45, 2.75) is 52.2 Å². The Hall–Kier alpha value is -1.46. The van der Waals surface area contributed by atoms with Crippen LogP contribution in [-0.4, -0.2) is 28.3 Å². The van der Waals surface area contributed by atoms with Gasteiger partial charge in [-0.2, -0.15) is 0 Å². The first-order chi connectivity index (χ1) is 13.9. The van der Waals surface area contributed by atoms with E-state index in [0.29, 0.717) is 25.7 Å². The highest BCUT2D eigenvalue weighted by Gasteiger charge is 2.29. The van der Waals surface area contributed by atoms with Crippen molar-refractivity contribution in [3.8, 4) is 0 Å². The van der Waals surface area contributed by atoms with Gasteiger partial charge in [-0.05, 0) is 63.1 Å². The number of amides is 2. The molecule has 30 heavy (non-hydrogen) atoms. The van der Waals surface area contributed by atoms with E-state index in [1.807, 2.05) is 20.8 Å². The molecule has 8 heteroatoms. The van der Waals surface area contributed by atoms with E-state index < -0.39 is 11.6 Å². The first-order valence-corrected chi connectivity index (χ1v) is 10.9. The number of carbonyl (C=O) groups is 2. The van der Waals surface area contributed by atoms with Crippen LogP contribution < -0.4 is 5.32 Å². The summed E-state index contributed by atoms with van der Waals surface area (Å²) in [5.41, 5.74) is 0.835. The average Bonchev–Trinajstić information content (AvgIpc) is 2.63. The number of nitrogens with one attached hydrogen (secondary N) is 1. The van der Waals surface area contributed by atoms with Crippen molar-refractivity contribution < 1.29 is 9.59 Å². The molecule has 1 N–H and O–H groups in total. The zero-order chi connectivity index (χ0) is 22.6. The molecule has 0 aliphatic heterocycles. The molecule has 0 aliphatic carbocycles. The maximum atomic E-state index is 13.3. The van der Waals surface area contributed by atoms with Crippen LogP contribution >= 0.6 is 46.4 Å². The van der Waals surface area contributed by atoms with Gasteiger partial charge >= 0.3 is 0 Å². The second-order valence-corrected chi connectivity index (χ2v) is 9.69. The lowest BCUT2D eigenvalue weighted by Gasteiger charge is -2.31. The van der Waals surface area contributed by atoms with Crippen LogP contribution in [0, 0.1) is 0 Å². The lowest BCUT2D eigenvalue weighted by molar-refractivity contribution is -0.140. The predicted molar refractivity (Wildman–Crippen MR) is 125 cm³/mol. The van der Waals surface area contributed by atoms with E-state index in [1.54, 1.807) is 43.3 Å². The van der Waals surface area contributed by atoms with Crippen molar-refractivity contribution in [2.75, 3.05) is 0 Å². The summed E-state index contributed by atoms with van der Waals surface area (Å²) in [5, 5.41) is 4.51. The number of hydrogen-bond acceptors (Lipinski definition) is 2. The van der Waals surface area contributed by atoms with Crippen molar-refractivity contribution in [3.05, 3.63) is 67.6 Å². The summed E-state index contributed by atoms with van der Waals surface area (Å²) in [4.78, 5) is 27.5. The number of halogens is 4. The van der Waals surface area contributed by atoms with Crippen molar-refractivity contribution in [3.63, 3.8) is 0 Å². The van der Waals surface area contributed by atoms with Crippen molar-refractivity contribution in [1.82, 2.24) is 10.2 Å². The Morgan fingerprint density at radius 3 is 2.10 bits per heavy atom. The first-order valence-electron chi connectivity index (χ1n) is 9.37. The van der Waals surface area contributed by atoms with Crippen LogP contribution in [0.1, 0.15) is 38.8 Å². The molecule has 0 aromatic heterocycles. The van der Waals surface area contributed by atoms with Crippen LogP contribution in [-0.2, 0) is 22.6 Å². The molecule has 2 amide bonds. The molecule has 1 unspecified atom stereocenters. The fraction of sp³-hybridized carbons (Fsp3) is 0.364. The second kappa shape index (κ2) is 10.2. The summed E-state index contributed by atoms with van der Waals surface area (Å²) in [6.45, 7) is 7.51. The minimum Gasteiger partial charge on any atom is -0.350 e. The molecule has 1 atom stereocenters. The van der Waals surface area contributed by atoms with Gasteiger partial charge in [-0.15, -0.1) is 0 Å². The molecular formula is C22H24Cl4N2O2. The Balaban J connectivity index is 2.34. The molecule has 162 valence electrons. The number of carbonyl (C=O) groups excluding carboxylic acids is 2. The van der Waals surface area contributed by atoms with Crippen LogP contribution in [0.4, 0.5) is 0 Å². The summed E-state index contributed by atoms with van der Waals surface area (Å²) in [7, 11) is 0. The predicted octanol–water partition coefficient (Wildman–Crippen LogP) is 6.17. The molecular weight excluding hydrogens is 466 g/mol. The van der Waals surface area contributed by atoms with E-state index >= 15 is 0 Å². The lowest BCUT2D eigenvalue weighted by atomic mass is 10.1. The molecule has 0 radical (unpaired) electrons. The smallest absolute Gasteiger partial charge is 0.242 e. The molecule has 0 spiro atoms. The van der Waals surface area contributed by atoms with Gasteiger partial charge in [0.05, 0.1) is 16.5 Å². The minimum atomic E-state index is -0.729. The van der Waals surface area contributed by atoms with E-state index in [9.17, 15) is 9.59 Å².